The van der Waals surface area contributed by atoms with Gasteiger partial charge < -0.3 is 19.4 Å². The first-order valence-electron chi connectivity index (χ1n) is 24.4. The van der Waals surface area contributed by atoms with Gasteiger partial charge in [-0.3, -0.25) is 4.57 Å². The monoisotopic (exact) mass is 919 g/mol. The molecule has 69 heavy (non-hydrogen) atoms. The quantitative estimate of drug-likeness (QED) is 0.171. The van der Waals surface area contributed by atoms with Crippen molar-refractivity contribution in [2.45, 2.75) is 101 Å². The number of aromatic nitrogens is 2. The highest BCUT2D eigenvalue weighted by atomic mass is 32.2. The van der Waals surface area contributed by atoms with Gasteiger partial charge in [0, 0.05) is 61.1 Å². The Morgan fingerprint density at radius 2 is 1.10 bits per heavy atom. The summed E-state index contributed by atoms with van der Waals surface area (Å²) < 4.78 is 9.32. The maximum absolute atomic E-state index is 7.03. The topological polar surface area (TPSA) is 36.8 Å². The molecule has 4 aliphatic rings. The Morgan fingerprint density at radius 3 is 1.74 bits per heavy atom. The van der Waals surface area contributed by atoms with Crippen LogP contribution in [0, 0.1) is 0 Å². The van der Waals surface area contributed by atoms with Gasteiger partial charge in [0.25, 0.3) is 0 Å². The molecule has 0 atom stereocenters. The third-order valence-corrected chi connectivity index (χ3v) is 16.6. The maximum Gasteiger partial charge on any atom is 0.137 e. The number of fused-ring (bicyclic) bond motifs is 4. The molecular weight excluding hydrogens is 863 g/mol. The van der Waals surface area contributed by atoms with Crippen molar-refractivity contribution in [1.29, 1.82) is 0 Å². The van der Waals surface area contributed by atoms with Gasteiger partial charge in [0.2, 0.25) is 0 Å². The predicted molar refractivity (Wildman–Crippen MR) is 288 cm³/mol. The molecule has 9 aromatic rings. The number of rotatable bonds is 5. The van der Waals surface area contributed by atoms with Crippen molar-refractivity contribution in [2.24, 2.45) is 0 Å². The van der Waals surface area contributed by atoms with Crippen LogP contribution in [0.5, 0.6) is 11.5 Å². The van der Waals surface area contributed by atoms with E-state index in [1.807, 2.05) is 18.0 Å². The van der Waals surface area contributed by atoms with E-state index in [2.05, 4.69) is 234 Å². The second-order valence-electron chi connectivity index (χ2n) is 22.6. The van der Waals surface area contributed by atoms with Crippen molar-refractivity contribution in [3.05, 3.63) is 185 Å². The van der Waals surface area contributed by atoms with Crippen molar-refractivity contribution in [3.63, 3.8) is 0 Å². The van der Waals surface area contributed by atoms with Crippen molar-refractivity contribution in [3.8, 4) is 17.3 Å². The van der Waals surface area contributed by atoms with Crippen LogP contribution < -0.4 is 19.4 Å². The molecule has 7 aromatic carbocycles. The molecule has 0 saturated heterocycles. The number of hydrogen-bond donors (Lipinski definition) is 0. The van der Waals surface area contributed by atoms with Gasteiger partial charge in [-0.15, -0.1) is 0 Å². The number of pyridine rings is 1. The van der Waals surface area contributed by atoms with E-state index in [1.165, 1.54) is 88.1 Å². The fourth-order valence-electron chi connectivity index (χ4n) is 11.7. The van der Waals surface area contributed by atoms with Crippen LogP contribution in [-0.2, 0) is 21.7 Å². The molecule has 0 aliphatic carbocycles. The molecule has 342 valence electrons. The Hall–Kier alpha value is -6.96. The minimum atomic E-state index is -0.223. The third kappa shape index (κ3) is 6.15. The van der Waals surface area contributed by atoms with Crippen LogP contribution in [0.4, 0.5) is 39.8 Å². The lowest BCUT2D eigenvalue weighted by Crippen LogP contribution is -2.40. The SMILES string of the molecule is CC(C)(C)c1cc(Oc2ccc3c4ccccc4n(-c4cc(C(C)(C)C)ccn4)c3c2)cc(N2CN(c3cc4c5c(c3)C(C)(C)c3cccc6c3N5c3c(cccc3C4(C)C)S6)c3ccccc32)c1. The Kier molecular flexibility index (Phi) is 8.74. The number of benzene rings is 7. The Balaban J connectivity index is 0.921. The molecule has 13 rings (SSSR count). The fourth-order valence-corrected chi connectivity index (χ4v) is 12.8. The second-order valence-corrected chi connectivity index (χ2v) is 23.7. The molecule has 0 saturated carbocycles. The number of hydrogen-bond acceptors (Lipinski definition) is 6. The first-order chi connectivity index (χ1) is 33.0. The number of nitrogens with zero attached hydrogens (tertiary/aromatic N) is 5. The Morgan fingerprint density at radius 1 is 0.507 bits per heavy atom. The van der Waals surface area contributed by atoms with Crippen LogP contribution in [0.3, 0.4) is 0 Å². The number of ether oxygens (including phenoxy) is 1. The van der Waals surface area contributed by atoms with Crippen molar-refractivity contribution in [2.75, 3.05) is 21.4 Å². The summed E-state index contributed by atoms with van der Waals surface area (Å²) in [7, 11) is 0. The van der Waals surface area contributed by atoms with Gasteiger partial charge in [0.05, 0.1) is 39.5 Å². The summed E-state index contributed by atoms with van der Waals surface area (Å²) in [6.07, 6.45) is 1.94. The van der Waals surface area contributed by atoms with Gasteiger partial charge in [-0.25, -0.2) is 4.98 Å². The minimum absolute atomic E-state index is 0.0141. The highest BCUT2D eigenvalue weighted by Crippen LogP contribution is 2.67. The predicted octanol–water partition coefficient (Wildman–Crippen LogP) is 17.0. The molecule has 4 aliphatic heterocycles. The van der Waals surface area contributed by atoms with Gasteiger partial charge in [-0.2, -0.15) is 0 Å². The van der Waals surface area contributed by atoms with E-state index in [9.17, 15) is 0 Å². The summed E-state index contributed by atoms with van der Waals surface area (Å²) in [6, 6.07) is 54.0. The molecule has 7 heteroatoms. The fraction of sp³-hybridized carbons (Fsp3) is 0.242. The lowest BCUT2D eigenvalue weighted by atomic mass is 9.66. The summed E-state index contributed by atoms with van der Waals surface area (Å²) in [5, 5.41) is 2.36. The lowest BCUT2D eigenvalue weighted by molar-refractivity contribution is 0.479. The summed E-state index contributed by atoms with van der Waals surface area (Å²) in [5.41, 5.74) is 18.3. The van der Waals surface area contributed by atoms with E-state index < -0.39 is 0 Å². The van der Waals surface area contributed by atoms with E-state index >= 15 is 0 Å². The van der Waals surface area contributed by atoms with E-state index in [1.54, 1.807) is 0 Å². The van der Waals surface area contributed by atoms with Crippen LogP contribution in [0.15, 0.2) is 162 Å². The number of para-hydroxylation sites is 5. The Bertz CT molecular complexity index is 3570. The second kappa shape index (κ2) is 14.3. The van der Waals surface area contributed by atoms with Crippen LogP contribution in [0.1, 0.15) is 103 Å². The van der Waals surface area contributed by atoms with Crippen molar-refractivity contribution in [1.82, 2.24) is 9.55 Å². The molecule has 0 amide bonds. The van der Waals surface area contributed by atoms with Gasteiger partial charge in [-0.1, -0.05) is 136 Å². The molecular formula is C62H57N5OS. The van der Waals surface area contributed by atoms with E-state index in [4.69, 9.17) is 9.72 Å². The molecule has 0 bridgehead atoms. The molecule has 0 fully saturated rings. The first kappa shape index (κ1) is 42.2. The molecule has 2 aromatic heterocycles. The van der Waals surface area contributed by atoms with E-state index in [0.717, 1.165) is 34.0 Å². The molecule has 6 nitrogen and oxygen atoms in total. The average molecular weight is 920 g/mol. The van der Waals surface area contributed by atoms with Crippen LogP contribution >= 0.6 is 11.8 Å². The van der Waals surface area contributed by atoms with Crippen LogP contribution in [0.25, 0.3) is 27.6 Å². The zero-order valence-corrected chi connectivity index (χ0v) is 42.0. The lowest BCUT2D eigenvalue weighted by Gasteiger charge is -2.52. The van der Waals surface area contributed by atoms with Crippen LogP contribution in [0.2, 0.25) is 0 Å². The average Bonchev–Trinajstić information content (AvgIpc) is 3.87. The largest absolute Gasteiger partial charge is 0.457 e. The number of anilines is 7. The molecule has 0 radical (unpaired) electrons. The summed E-state index contributed by atoms with van der Waals surface area (Å²) in [6.45, 7) is 24.0. The van der Waals surface area contributed by atoms with E-state index in [-0.39, 0.29) is 21.7 Å². The summed E-state index contributed by atoms with van der Waals surface area (Å²) in [4.78, 5) is 15.2. The van der Waals surface area contributed by atoms with Crippen LogP contribution in [-0.4, -0.2) is 16.2 Å². The van der Waals surface area contributed by atoms with Gasteiger partial charge in [0.1, 0.15) is 24.0 Å². The van der Waals surface area contributed by atoms with Gasteiger partial charge >= 0.3 is 0 Å². The standard InChI is InChI=1S/C62H57N5OS/c1-59(2,3)37-27-28-63-55(31-37)66-49-20-12-11-17-43(49)44-26-25-41(35-52(44)66)68-42-30-38(60(4,5)6)29-39(32-42)64-36-65(51-22-14-13-21-50(51)64)40-33-47-56-48(34-40)62(9,10)46-19-16-24-54-58(46)67(56)57-45(61(47,7)8)18-15-23-53(57)69-54/h11-35H,36H2,1-10H3. The Labute approximate surface area is 410 Å². The first-order valence-corrected chi connectivity index (χ1v) is 25.2. The summed E-state index contributed by atoms with van der Waals surface area (Å²) in [5.74, 6) is 2.49. The molecule has 0 N–H and O–H groups in total. The van der Waals surface area contributed by atoms with Gasteiger partial charge in [0.15, 0.2) is 0 Å². The molecule has 6 heterocycles. The molecule has 0 unspecified atom stereocenters. The third-order valence-electron chi connectivity index (χ3n) is 15.5. The highest BCUT2D eigenvalue weighted by molar-refractivity contribution is 7.99. The van der Waals surface area contributed by atoms with Crippen molar-refractivity contribution >= 4 is 73.4 Å². The minimum Gasteiger partial charge on any atom is -0.457 e. The highest BCUT2D eigenvalue weighted by Gasteiger charge is 2.49. The van der Waals surface area contributed by atoms with E-state index in [0.29, 0.717) is 6.67 Å². The zero-order valence-electron chi connectivity index (χ0n) is 41.2. The van der Waals surface area contributed by atoms with Crippen molar-refractivity contribution < 1.29 is 4.74 Å². The van der Waals surface area contributed by atoms with Gasteiger partial charge in [-0.05, 0) is 123 Å². The summed E-state index contributed by atoms with van der Waals surface area (Å²) >= 11 is 1.92. The zero-order chi connectivity index (χ0) is 47.5. The normalized spacial score (nSPS) is 16.0. The molecule has 0 spiro atoms. The maximum atomic E-state index is 7.03. The smallest absolute Gasteiger partial charge is 0.137 e.